The molecule has 1 atom stereocenters. The Labute approximate surface area is 209 Å². The summed E-state index contributed by atoms with van der Waals surface area (Å²) in [6.07, 6.45) is 5.15. The number of benzene rings is 1. The van der Waals surface area contributed by atoms with Crippen LogP contribution >= 0.6 is 11.8 Å². The Kier molecular flexibility index (Phi) is 7.74. The van der Waals surface area contributed by atoms with Gasteiger partial charge in [-0.05, 0) is 49.8 Å². The quantitative estimate of drug-likeness (QED) is 0.356. The van der Waals surface area contributed by atoms with Crippen molar-refractivity contribution in [1.82, 2.24) is 4.98 Å². The van der Waals surface area contributed by atoms with Crippen LogP contribution in [0.4, 0.5) is 0 Å². The van der Waals surface area contributed by atoms with E-state index in [2.05, 4.69) is 12.1 Å². The minimum Gasteiger partial charge on any atom is -0.463 e. The molecular weight excluding hydrogens is 460 g/mol. The minimum absolute atomic E-state index is 0.0413. The number of nitrogens with zero attached hydrogens (tertiary/aromatic N) is 3. The minimum atomic E-state index is -0.708. The van der Waals surface area contributed by atoms with Gasteiger partial charge in [0.2, 0.25) is 5.88 Å². The Morgan fingerprint density at radius 1 is 1.20 bits per heavy atom. The van der Waals surface area contributed by atoms with Gasteiger partial charge in [-0.1, -0.05) is 48.5 Å². The smallest absolute Gasteiger partial charge is 0.338 e. The number of fused-ring (bicyclic) bond motifs is 1. The largest absolute Gasteiger partial charge is 0.463 e. The highest BCUT2D eigenvalue weighted by atomic mass is 32.2. The Bertz CT molecular complexity index is 1270. The van der Waals surface area contributed by atoms with E-state index in [9.17, 15) is 15.3 Å². The molecule has 1 aromatic heterocycles. The number of ether oxygens (including phenoxy) is 2. The lowest BCUT2D eigenvalue weighted by Crippen LogP contribution is -2.27. The fraction of sp³-hybridized carbons (Fsp3) is 0.333. The van der Waals surface area contributed by atoms with Gasteiger partial charge in [0.1, 0.15) is 28.5 Å². The summed E-state index contributed by atoms with van der Waals surface area (Å²) >= 11 is 1.32. The Hall–Kier alpha value is -3.75. The molecule has 0 saturated heterocycles. The van der Waals surface area contributed by atoms with E-state index < -0.39 is 11.9 Å². The zero-order chi connectivity index (χ0) is 24.8. The molecule has 0 spiro atoms. The number of esters is 1. The van der Waals surface area contributed by atoms with Crippen molar-refractivity contribution in [2.75, 3.05) is 12.4 Å². The van der Waals surface area contributed by atoms with Crippen molar-refractivity contribution in [3.8, 4) is 12.1 Å². The zero-order valence-electron chi connectivity index (χ0n) is 19.5. The lowest BCUT2D eigenvalue weighted by molar-refractivity contribution is -0.139. The topological polar surface area (TPSA) is 122 Å². The molecule has 2 heterocycles. The lowest BCUT2D eigenvalue weighted by atomic mass is 9.83. The van der Waals surface area contributed by atoms with Gasteiger partial charge in [0.15, 0.2) is 0 Å². The number of aryl methyl sites for hydroxylation is 2. The van der Waals surface area contributed by atoms with E-state index in [0.29, 0.717) is 16.3 Å². The summed E-state index contributed by atoms with van der Waals surface area (Å²) < 4.78 is 11.2. The summed E-state index contributed by atoms with van der Waals surface area (Å²) in [5.41, 5.74) is 9.96. The van der Waals surface area contributed by atoms with E-state index in [1.54, 1.807) is 6.92 Å². The molecule has 2 N–H and O–H groups in total. The second-order valence-corrected chi connectivity index (χ2v) is 9.26. The van der Waals surface area contributed by atoms with Crippen LogP contribution in [0.5, 0.6) is 0 Å². The molecule has 4 rings (SSSR count). The highest BCUT2D eigenvalue weighted by Crippen LogP contribution is 2.41. The summed E-state index contributed by atoms with van der Waals surface area (Å²) in [6, 6.07) is 15.5. The van der Waals surface area contributed by atoms with Crippen LogP contribution < -0.4 is 5.73 Å². The van der Waals surface area contributed by atoms with Gasteiger partial charge in [0.05, 0.1) is 29.4 Å². The van der Waals surface area contributed by atoms with Crippen molar-refractivity contribution in [2.24, 2.45) is 5.73 Å². The van der Waals surface area contributed by atoms with Crippen LogP contribution in [0.1, 0.15) is 54.5 Å². The van der Waals surface area contributed by atoms with Crippen molar-refractivity contribution in [2.45, 2.75) is 50.0 Å². The summed E-state index contributed by atoms with van der Waals surface area (Å²) in [6.45, 7) is 1.90. The van der Waals surface area contributed by atoms with Gasteiger partial charge < -0.3 is 15.2 Å². The molecular formula is C27H26N4O3S. The molecule has 178 valence electrons. The third kappa shape index (κ3) is 5.18. The van der Waals surface area contributed by atoms with Crippen LogP contribution in [0, 0.1) is 22.7 Å². The van der Waals surface area contributed by atoms with Crippen LogP contribution in [0.2, 0.25) is 0 Å². The fourth-order valence-corrected chi connectivity index (χ4v) is 5.37. The van der Waals surface area contributed by atoms with Gasteiger partial charge >= 0.3 is 5.97 Å². The molecule has 0 radical (unpaired) electrons. The second-order valence-electron chi connectivity index (χ2n) is 8.30. The first-order valence-corrected chi connectivity index (χ1v) is 12.6. The maximum absolute atomic E-state index is 13.1. The fourth-order valence-electron chi connectivity index (χ4n) is 4.45. The molecule has 35 heavy (non-hydrogen) atoms. The highest BCUT2D eigenvalue weighted by Gasteiger charge is 2.37. The monoisotopic (exact) mass is 486 g/mol. The third-order valence-corrected chi connectivity index (χ3v) is 7.09. The second kappa shape index (κ2) is 11.1. The van der Waals surface area contributed by atoms with Crippen LogP contribution in [0.15, 0.2) is 64.2 Å². The Morgan fingerprint density at radius 2 is 1.97 bits per heavy atom. The van der Waals surface area contributed by atoms with Gasteiger partial charge in [-0.25, -0.2) is 9.78 Å². The molecule has 0 saturated carbocycles. The molecule has 7 nitrogen and oxygen atoms in total. The van der Waals surface area contributed by atoms with Crippen molar-refractivity contribution in [1.29, 1.82) is 10.5 Å². The first-order valence-electron chi connectivity index (χ1n) is 11.7. The van der Waals surface area contributed by atoms with E-state index in [4.69, 9.17) is 20.2 Å². The number of allylic oxidation sites excluding steroid dienone is 1. The van der Waals surface area contributed by atoms with E-state index >= 15 is 0 Å². The molecule has 8 heteroatoms. The van der Waals surface area contributed by atoms with Crippen molar-refractivity contribution in [3.05, 3.63) is 81.6 Å². The number of nitrogens with two attached hydrogens (primary N) is 1. The molecule has 1 aromatic carbocycles. The van der Waals surface area contributed by atoms with E-state index in [1.165, 1.54) is 11.8 Å². The van der Waals surface area contributed by atoms with Gasteiger partial charge in [0, 0.05) is 5.69 Å². The number of aromatic nitrogens is 1. The van der Waals surface area contributed by atoms with Crippen LogP contribution in [0.25, 0.3) is 0 Å². The zero-order valence-corrected chi connectivity index (χ0v) is 20.4. The number of carbonyl (C=O) groups is 1. The number of carbonyl (C=O) groups excluding carboxylic acids is 1. The Morgan fingerprint density at radius 3 is 2.69 bits per heavy atom. The average Bonchev–Trinajstić information content (AvgIpc) is 3.11. The maximum atomic E-state index is 13.1. The molecule has 0 unspecified atom stereocenters. The molecule has 1 aliphatic heterocycles. The molecule has 0 amide bonds. The molecule has 0 bridgehead atoms. The van der Waals surface area contributed by atoms with Crippen molar-refractivity contribution in [3.63, 3.8) is 0 Å². The first kappa shape index (κ1) is 24.4. The average molecular weight is 487 g/mol. The van der Waals surface area contributed by atoms with Crippen LogP contribution in [0.3, 0.4) is 0 Å². The summed E-state index contributed by atoms with van der Waals surface area (Å²) in [5, 5.41) is 20.2. The van der Waals surface area contributed by atoms with Gasteiger partial charge in [-0.2, -0.15) is 10.5 Å². The van der Waals surface area contributed by atoms with Crippen molar-refractivity contribution < 1.29 is 14.3 Å². The summed E-state index contributed by atoms with van der Waals surface area (Å²) in [7, 11) is 0. The number of hydrogen-bond donors (Lipinski definition) is 1. The normalized spacial score (nSPS) is 17.5. The predicted octanol–water partition coefficient (Wildman–Crippen LogP) is 4.64. The van der Waals surface area contributed by atoms with E-state index in [1.807, 2.05) is 36.4 Å². The van der Waals surface area contributed by atoms with E-state index in [-0.39, 0.29) is 29.4 Å². The van der Waals surface area contributed by atoms with Gasteiger partial charge in [0.25, 0.3) is 0 Å². The van der Waals surface area contributed by atoms with Crippen LogP contribution in [-0.4, -0.2) is 23.3 Å². The molecule has 2 aromatic rings. The number of hydrogen-bond acceptors (Lipinski definition) is 8. The standard InChI is InChI=1S/C27H26N4O3S/c1-2-33-27(32)24-22(34-25(30)20(15-29)23(24)17-9-5-3-6-10-17)16-35-26-19(14-28)13-18-11-7-4-8-12-21(18)31-26/h3,5-6,9-10,13,23H,2,4,7-8,11-12,16,30H2,1H3/t23-/m0/s1. The Balaban J connectivity index is 1.74. The summed E-state index contributed by atoms with van der Waals surface area (Å²) in [4.78, 5) is 17.9. The van der Waals surface area contributed by atoms with Crippen LogP contribution in [-0.2, 0) is 27.1 Å². The third-order valence-electron chi connectivity index (χ3n) is 6.10. The SMILES string of the molecule is CCOC(=O)C1=C(CSc2nc3c(cc2C#N)CCCCC3)OC(N)=C(C#N)[C@@H]1c1ccccc1. The number of nitriles is 2. The highest BCUT2D eigenvalue weighted by molar-refractivity contribution is 7.99. The van der Waals surface area contributed by atoms with Gasteiger partial charge in [-0.3, -0.25) is 0 Å². The molecule has 0 fully saturated rings. The number of rotatable bonds is 6. The molecule has 2 aliphatic rings. The lowest BCUT2D eigenvalue weighted by Gasteiger charge is -2.28. The molecule has 1 aliphatic carbocycles. The van der Waals surface area contributed by atoms with Crippen molar-refractivity contribution >= 4 is 17.7 Å². The first-order chi connectivity index (χ1) is 17.1. The van der Waals surface area contributed by atoms with Gasteiger partial charge in [-0.15, -0.1) is 0 Å². The van der Waals surface area contributed by atoms with E-state index in [0.717, 1.165) is 48.9 Å². The maximum Gasteiger partial charge on any atom is 0.338 e. The number of thioether (sulfide) groups is 1. The predicted molar refractivity (Wildman–Crippen MR) is 132 cm³/mol. The summed E-state index contributed by atoms with van der Waals surface area (Å²) in [5.74, 6) is -0.801. The number of pyridine rings is 1.